The number of carbonyl (C=O) groups is 2. The molecule has 0 bridgehead atoms. The first kappa shape index (κ1) is 17.0. The van der Waals surface area contributed by atoms with Gasteiger partial charge in [0, 0.05) is 26.1 Å². The monoisotopic (exact) mass is 329 g/mol. The van der Waals surface area contributed by atoms with Gasteiger partial charge in [-0.2, -0.15) is 0 Å². The fraction of sp³-hybridized carbons (Fsp3) is 0.579. The summed E-state index contributed by atoms with van der Waals surface area (Å²) in [5.41, 5.74) is 1.44. The SMILES string of the molecule is CN(C)C(=O)C1CCCN1CC(=O)NCC1(c2ccccc2)CC1. The molecule has 0 aromatic heterocycles. The van der Waals surface area contributed by atoms with Crippen molar-refractivity contribution >= 4 is 11.8 Å². The Bertz CT molecular complexity index is 596. The second-order valence-corrected chi connectivity index (χ2v) is 7.28. The summed E-state index contributed by atoms with van der Waals surface area (Å²) >= 11 is 0. The molecule has 0 spiro atoms. The minimum Gasteiger partial charge on any atom is -0.354 e. The van der Waals surface area contributed by atoms with Crippen molar-refractivity contribution in [2.75, 3.05) is 33.7 Å². The van der Waals surface area contributed by atoms with Crippen molar-refractivity contribution in [3.8, 4) is 0 Å². The van der Waals surface area contributed by atoms with Crippen molar-refractivity contribution in [3.63, 3.8) is 0 Å². The van der Waals surface area contributed by atoms with Gasteiger partial charge in [0.1, 0.15) is 0 Å². The number of hydrogen-bond acceptors (Lipinski definition) is 3. The van der Waals surface area contributed by atoms with Gasteiger partial charge in [-0.1, -0.05) is 30.3 Å². The molecule has 1 aliphatic carbocycles. The molecule has 1 atom stereocenters. The van der Waals surface area contributed by atoms with Gasteiger partial charge in [0.05, 0.1) is 12.6 Å². The number of nitrogens with zero attached hydrogens (tertiary/aromatic N) is 2. The minimum atomic E-state index is -0.144. The van der Waals surface area contributed by atoms with E-state index >= 15 is 0 Å². The largest absolute Gasteiger partial charge is 0.354 e. The average molecular weight is 329 g/mol. The first-order valence-corrected chi connectivity index (χ1v) is 8.79. The van der Waals surface area contributed by atoms with Crippen molar-refractivity contribution in [2.24, 2.45) is 0 Å². The molecular formula is C19H27N3O2. The van der Waals surface area contributed by atoms with Crippen LogP contribution in [0.5, 0.6) is 0 Å². The molecule has 2 aliphatic rings. The second kappa shape index (κ2) is 6.93. The molecule has 1 heterocycles. The van der Waals surface area contributed by atoms with E-state index in [-0.39, 0.29) is 23.3 Å². The molecule has 1 aromatic rings. The Morgan fingerprint density at radius 1 is 1.25 bits per heavy atom. The molecule has 1 aromatic carbocycles. The Labute approximate surface area is 144 Å². The van der Waals surface area contributed by atoms with Gasteiger partial charge in [0.2, 0.25) is 11.8 Å². The number of rotatable bonds is 6. The van der Waals surface area contributed by atoms with Crippen LogP contribution in [0.1, 0.15) is 31.2 Å². The van der Waals surface area contributed by atoms with E-state index in [4.69, 9.17) is 0 Å². The molecule has 1 unspecified atom stereocenters. The van der Waals surface area contributed by atoms with Crippen LogP contribution in [0.3, 0.4) is 0 Å². The highest BCUT2D eigenvalue weighted by molar-refractivity contribution is 5.83. The summed E-state index contributed by atoms with van der Waals surface area (Å²) in [6, 6.07) is 10.3. The Kier molecular flexibility index (Phi) is 4.90. The van der Waals surface area contributed by atoms with Crippen LogP contribution in [0.15, 0.2) is 30.3 Å². The first-order chi connectivity index (χ1) is 11.5. The molecule has 3 rings (SSSR count). The van der Waals surface area contributed by atoms with Crippen LogP contribution < -0.4 is 5.32 Å². The molecule has 2 amide bonds. The van der Waals surface area contributed by atoms with Crippen LogP contribution in [-0.4, -0.2) is 61.4 Å². The summed E-state index contributed by atoms with van der Waals surface area (Å²) < 4.78 is 0. The van der Waals surface area contributed by atoms with Crippen LogP contribution in [-0.2, 0) is 15.0 Å². The average Bonchev–Trinajstić information content (AvgIpc) is 3.25. The van der Waals surface area contributed by atoms with E-state index in [0.717, 1.165) is 32.2 Å². The summed E-state index contributed by atoms with van der Waals surface area (Å²) in [5, 5.41) is 3.09. The van der Waals surface area contributed by atoms with Gasteiger partial charge in [0.15, 0.2) is 0 Å². The Morgan fingerprint density at radius 3 is 2.58 bits per heavy atom. The third-order valence-electron chi connectivity index (χ3n) is 5.30. The molecule has 1 aliphatic heterocycles. The predicted octanol–water partition coefficient (Wildman–Crippen LogP) is 1.39. The van der Waals surface area contributed by atoms with E-state index in [1.165, 1.54) is 5.56 Å². The molecular weight excluding hydrogens is 302 g/mol. The van der Waals surface area contributed by atoms with E-state index in [9.17, 15) is 9.59 Å². The van der Waals surface area contributed by atoms with E-state index in [1.54, 1.807) is 19.0 Å². The zero-order valence-corrected chi connectivity index (χ0v) is 14.6. The van der Waals surface area contributed by atoms with Crippen LogP contribution in [0, 0.1) is 0 Å². The summed E-state index contributed by atoms with van der Waals surface area (Å²) in [6.45, 7) is 1.83. The van der Waals surface area contributed by atoms with Gasteiger partial charge in [-0.15, -0.1) is 0 Å². The lowest BCUT2D eigenvalue weighted by Gasteiger charge is -2.26. The number of carbonyl (C=O) groups excluding carboxylic acids is 2. The lowest BCUT2D eigenvalue weighted by molar-refractivity contribution is -0.134. The molecule has 1 saturated carbocycles. The lowest BCUT2D eigenvalue weighted by atomic mass is 9.96. The summed E-state index contributed by atoms with van der Waals surface area (Å²) in [6.07, 6.45) is 4.08. The van der Waals surface area contributed by atoms with Gasteiger partial charge in [-0.25, -0.2) is 0 Å². The van der Waals surface area contributed by atoms with Crippen LogP contribution in [0.2, 0.25) is 0 Å². The smallest absolute Gasteiger partial charge is 0.239 e. The quantitative estimate of drug-likeness (QED) is 0.858. The topological polar surface area (TPSA) is 52.7 Å². The maximum absolute atomic E-state index is 12.4. The molecule has 5 nitrogen and oxygen atoms in total. The number of hydrogen-bond donors (Lipinski definition) is 1. The standard InChI is InChI=1S/C19H27N3O2/c1-21(2)18(24)16-9-6-12-22(16)13-17(23)20-14-19(10-11-19)15-7-4-3-5-8-15/h3-5,7-8,16H,6,9-14H2,1-2H3,(H,20,23). The van der Waals surface area contributed by atoms with Crippen molar-refractivity contribution < 1.29 is 9.59 Å². The zero-order chi connectivity index (χ0) is 17.2. The van der Waals surface area contributed by atoms with Gasteiger partial charge in [-0.3, -0.25) is 14.5 Å². The minimum absolute atomic E-state index is 0.0238. The van der Waals surface area contributed by atoms with E-state index in [1.807, 2.05) is 11.0 Å². The summed E-state index contributed by atoms with van der Waals surface area (Å²) in [4.78, 5) is 28.2. The van der Waals surface area contributed by atoms with Crippen LogP contribution >= 0.6 is 0 Å². The number of nitrogens with one attached hydrogen (secondary N) is 1. The number of likely N-dealkylation sites (N-methyl/N-ethyl adjacent to an activating group) is 1. The van der Waals surface area contributed by atoms with Gasteiger partial charge >= 0.3 is 0 Å². The van der Waals surface area contributed by atoms with E-state index in [2.05, 4.69) is 29.6 Å². The third kappa shape index (κ3) is 3.61. The van der Waals surface area contributed by atoms with Crippen LogP contribution in [0.4, 0.5) is 0 Å². The van der Waals surface area contributed by atoms with Crippen molar-refractivity contribution in [1.29, 1.82) is 0 Å². The maximum Gasteiger partial charge on any atom is 0.239 e. The molecule has 1 N–H and O–H groups in total. The highest BCUT2D eigenvalue weighted by Gasteiger charge is 2.44. The van der Waals surface area contributed by atoms with Gasteiger partial charge in [0.25, 0.3) is 0 Å². The highest BCUT2D eigenvalue weighted by atomic mass is 16.2. The Morgan fingerprint density at radius 2 is 1.96 bits per heavy atom. The normalized spacial score (nSPS) is 22.2. The summed E-state index contributed by atoms with van der Waals surface area (Å²) in [5.74, 6) is 0.124. The van der Waals surface area contributed by atoms with Gasteiger partial charge < -0.3 is 10.2 Å². The zero-order valence-electron chi connectivity index (χ0n) is 14.6. The fourth-order valence-corrected chi connectivity index (χ4v) is 3.61. The van der Waals surface area contributed by atoms with E-state index < -0.39 is 0 Å². The van der Waals surface area contributed by atoms with Crippen LogP contribution in [0.25, 0.3) is 0 Å². The van der Waals surface area contributed by atoms with E-state index in [0.29, 0.717) is 13.1 Å². The number of amides is 2. The molecule has 5 heteroatoms. The molecule has 24 heavy (non-hydrogen) atoms. The molecule has 2 fully saturated rings. The van der Waals surface area contributed by atoms with Crippen molar-refractivity contribution in [2.45, 2.75) is 37.1 Å². The number of likely N-dealkylation sites (tertiary alicyclic amines) is 1. The second-order valence-electron chi connectivity index (χ2n) is 7.28. The van der Waals surface area contributed by atoms with Crippen molar-refractivity contribution in [1.82, 2.24) is 15.1 Å². The fourth-order valence-electron chi connectivity index (χ4n) is 3.61. The Hall–Kier alpha value is -1.88. The lowest BCUT2D eigenvalue weighted by Crippen LogP contribution is -2.47. The number of benzene rings is 1. The van der Waals surface area contributed by atoms with Crippen molar-refractivity contribution in [3.05, 3.63) is 35.9 Å². The molecule has 1 saturated heterocycles. The molecule has 0 radical (unpaired) electrons. The molecule has 130 valence electrons. The Balaban J connectivity index is 1.52. The van der Waals surface area contributed by atoms with Gasteiger partial charge in [-0.05, 0) is 37.8 Å². The highest BCUT2D eigenvalue weighted by Crippen LogP contribution is 2.47. The summed E-state index contributed by atoms with van der Waals surface area (Å²) in [7, 11) is 3.55. The third-order valence-corrected chi connectivity index (χ3v) is 5.30. The first-order valence-electron chi connectivity index (χ1n) is 8.79. The maximum atomic E-state index is 12.4. The predicted molar refractivity (Wildman–Crippen MR) is 93.7 cm³/mol.